The first kappa shape index (κ1) is 12.1. The Kier molecular flexibility index (Phi) is 4.17. The highest BCUT2D eigenvalue weighted by molar-refractivity contribution is 7.09. The van der Waals surface area contributed by atoms with E-state index in [0.717, 1.165) is 23.4 Å². The molecule has 0 saturated heterocycles. The lowest BCUT2D eigenvalue weighted by molar-refractivity contribution is 0.585. The summed E-state index contributed by atoms with van der Waals surface area (Å²) in [6, 6.07) is 1.49. The lowest BCUT2D eigenvalue weighted by atomic mass is 10.1. The quantitative estimate of drug-likeness (QED) is 0.888. The molecule has 0 spiro atoms. The number of thiazole rings is 1. The Labute approximate surface area is 104 Å². The molecule has 1 N–H and O–H groups in total. The van der Waals surface area contributed by atoms with Gasteiger partial charge in [-0.3, -0.25) is 9.97 Å². The standard InChI is InChI=1S/C12H14FN3S/c1-2-3-16-12(11-7-15-8-17-11)9-4-10(13)6-14-5-9/h4-8,12,16H,2-3H2,1H3. The fourth-order valence-electron chi connectivity index (χ4n) is 1.63. The van der Waals surface area contributed by atoms with Gasteiger partial charge in [-0.15, -0.1) is 11.3 Å². The lowest BCUT2D eigenvalue weighted by Gasteiger charge is -2.16. The Morgan fingerprint density at radius 2 is 2.24 bits per heavy atom. The van der Waals surface area contributed by atoms with Crippen LogP contribution in [0.4, 0.5) is 4.39 Å². The van der Waals surface area contributed by atoms with Crippen molar-refractivity contribution >= 4 is 11.3 Å². The van der Waals surface area contributed by atoms with E-state index in [1.165, 1.54) is 12.3 Å². The molecular weight excluding hydrogens is 237 g/mol. The second kappa shape index (κ2) is 5.84. The zero-order valence-electron chi connectivity index (χ0n) is 9.56. The molecule has 1 atom stereocenters. The molecule has 0 bridgehead atoms. The number of nitrogens with one attached hydrogen (secondary N) is 1. The van der Waals surface area contributed by atoms with Crippen LogP contribution in [0.15, 0.2) is 30.2 Å². The first-order chi connectivity index (χ1) is 8.31. The number of hydrogen-bond acceptors (Lipinski definition) is 4. The molecule has 5 heteroatoms. The summed E-state index contributed by atoms with van der Waals surface area (Å²) in [6.07, 6.45) is 5.74. The van der Waals surface area contributed by atoms with Gasteiger partial charge in [0.2, 0.25) is 0 Å². The van der Waals surface area contributed by atoms with E-state index in [1.54, 1.807) is 23.0 Å². The number of pyridine rings is 1. The van der Waals surface area contributed by atoms with Gasteiger partial charge in [-0.1, -0.05) is 6.92 Å². The molecule has 3 nitrogen and oxygen atoms in total. The van der Waals surface area contributed by atoms with Gasteiger partial charge >= 0.3 is 0 Å². The second-order valence-corrected chi connectivity index (χ2v) is 4.65. The third kappa shape index (κ3) is 3.08. The Hall–Kier alpha value is -1.33. The molecule has 0 aliphatic rings. The van der Waals surface area contributed by atoms with E-state index >= 15 is 0 Å². The van der Waals surface area contributed by atoms with E-state index in [0.29, 0.717) is 0 Å². The van der Waals surface area contributed by atoms with Crippen molar-refractivity contribution in [3.8, 4) is 0 Å². The van der Waals surface area contributed by atoms with E-state index in [2.05, 4.69) is 22.2 Å². The molecule has 17 heavy (non-hydrogen) atoms. The molecule has 2 aromatic heterocycles. The third-order valence-corrected chi connectivity index (χ3v) is 3.23. The summed E-state index contributed by atoms with van der Waals surface area (Å²) in [5.74, 6) is -0.310. The van der Waals surface area contributed by atoms with Crippen LogP contribution in [0.5, 0.6) is 0 Å². The van der Waals surface area contributed by atoms with Gasteiger partial charge in [-0.25, -0.2) is 4.39 Å². The summed E-state index contributed by atoms with van der Waals surface area (Å²) >= 11 is 1.56. The minimum Gasteiger partial charge on any atom is -0.305 e. The van der Waals surface area contributed by atoms with Crippen molar-refractivity contribution in [2.75, 3.05) is 6.54 Å². The fraction of sp³-hybridized carbons (Fsp3) is 0.333. The summed E-state index contributed by atoms with van der Waals surface area (Å²) in [4.78, 5) is 9.03. The molecular formula is C12H14FN3S. The van der Waals surface area contributed by atoms with Gasteiger partial charge in [0.05, 0.1) is 17.7 Å². The van der Waals surface area contributed by atoms with E-state index in [-0.39, 0.29) is 11.9 Å². The van der Waals surface area contributed by atoms with Crippen LogP contribution in [0.25, 0.3) is 0 Å². The highest BCUT2D eigenvalue weighted by Crippen LogP contribution is 2.24. The maximum atomic E-state index is 13.2. The van der Waals surface area contributed by atoms with E-state index in [9.17, 15) is 4.39 Å². The topological polar surface area (TPSA) is 37.8 Å². The van der Waals surface area contributed by atoms with Crippen LogP contribution < -0.4 is 5.32 Å². The predicted molar refractivity (Wildman–Crippen MR) is 66.4 cm³/mol. The third-order valence-electron chi connectivity index (χ3n) is 2.39. The SMILES string of the molecule is CCCNC(c1cncc(F)c1)c1cncs1. The summed E-state index contributed by atoms with van der Waals surface area (Å²) in [6.45, 7) is 2.97. The Balaban J connectivity index is 2.27. The highest BCUT2D eigenvalue weighted by Gasteiger charge is 2.15. The van der Waals surface area contributed by atoms with Gasteiger partial charge < -0.3 is 5.32 Å². The molecule has 2 rings (SSSR count). The molecule has 0 saturated carbocycles. The smallest absolute Gasteiger partial charge is 0.141 e. The normalized spacial score (nSPS) is 12.6. The van der Waals surface area contributed by atoms with Crippen LogP contribution in [0.3, 0.4) is 0 Å². The van der Waals surface area contributed by atoms with E-state index in [1.807, 2.05) is 6.20 Å². The van der Waals surface area contributed by atoms with Crippen LogP contribution in [-0.2, 0) is 0 Å². The molecule has 0 aliphatic carbocycles. The molecule has 0 amide bonds. The molecule has 0 aliphatic heterocycles. The second-order valence-electron chi connectivity index (χ2n) is 3.73. The molecule has 1 unspecified atom stereocenters. The number of nitrogens with zero attached hydrogens (tertiary/aromatic N) is 2. The minimum absolute atomic E-state index is 0.0225. The van der Waals surface area contributed by atoms with Crippen molar-refractivity contribution < 1.29 is 4.39 Å². The molecule has 2 heterocycles. The van der Waals surface area contributed by atoms with Gasteiger partial charge in [0.1, 0.15) is 5.82 Å². The zero-order valence-corrected chi connectivity index (χ0v) is 10.4. The van der Waals surface area contributed by atoms with Gasteiger partial charge in [0.25, 0.3) is 0 Å². The van der Waals surface area contributed by atoms with Crippen LogP contribution in [0.1, 0.15) is 29.8 Å². The molecule has 0 aromatic carbocycles. The maximum absolute atomic E-state index is 13.2. The van der Waals surface area contributed by atoms with Gasteiger partial charge in [-0.2, -0.15) is 0 Å². The van der Waals surface area contributed by atoms with Crippen LogP contribution in [0.2, 0.25) is 0 Å². The zero-order chi connectivity index (χ0) is 12.1. The van der Waals surface area contributed by atoms with Crippen LogP contribution in [0, 0.1) is 5.82 Å². The Morgan fingerprint density at radius 3 is 2.88 bits per heavy atom. The number of aromatic nitrogens is 2. The average molecular weight is 251 g/mol. The summed E-state index contributed by atoms with van der Waals surface area (Å²) in [5, 5.41) is 3.38. The average Bonchev–Trinajstić information content (AvgIpc) is 2.83. The largest absolute Gasteiger partial charge is 0.305 e. The summed E-state index contributed by atoms with van der Waals surface area (Å²) in [7, 11) is 0. The predicted octanol–water partition coefficient (Wildman–Crippen LogP) is 2.77. The number of hydrogen-bond donors (Lipinski definition) is 1. The van der Waals surface area contributed by atoms with Gasteiger partial charge in [-0.05, 0) is 24.6 Å². The van der Waals surface area contributed by atoms with Crippen molar-refractivity contribution in [3.05, 3.63) is 46.4 Å². The molecule has 90 valence electrons. The summed E-state index contributed by atoms with van der Waals surface area (Å²) < 4.78 is 13.2. The molecule has 0 radical (unpaired) electrons. The van der Waals surface area contributed by atoms with Crippen LogP contribution >= 0.6 is 11.3 Å². The maximum Gasteiger partial charge on any atom is 0.141 e. The van der Waals surface area contributed by atoms with Crippen molar-refractivity contribution in [2.45, 2.75) is 19.4 Å². The van der Waals surface area contributed by atoms with Crippen molar-refractivity contribution in [1.29, 1.82) is 0 Å². The number of rotatable bonds is 5. The van der Waals surface area contributed by atoms with E-state index < -0.39 is 0 Å². The molecule has 0 fully saturated rings. The van der Waals surface area contributed by atoms with Crippen LogP contribution in [-0.4, -0.2) is 16.5 Å². The lowest BCUT2D eigenvalue weighted by Crippen LogP contribution is -2.22. The Bertz CT molecular complexity index is 459. The van der Waals surface area contributed by atoms with E-state index in [4.69, 9.17) is 0 Å². The van der Waals surface area contributed by atoms with Crippen molar-refractivity contribution in [3.63, 3.8) is 0 Å². The monoisotopic (exact) mass is 251 g/mol. The van der Waals surface area contributed by atoms with Crippen molar-refractivity contribution in [2.24, 2.45) is 0 Å². The highest BCUT2D eigenvalue weighted by atomic mass is 32.1. The molecule has 2 aromatic rings. The summed E-state index contributed by atoms with van der Waals surface area (Å²) in [5.41, 5.74) is 2.62. The van der Waals surface area contributed by atoms with Crippen molar-refractivity contribution in [1.82, 2.24) is 15.3 Å². The minimum atomic E-state index is -0.310. The fourth-order valence-corrected chi connectivity index (χ4v) is 2.35. The first-order valence-corrected chi connectivity index (χ1v) is 6.41. The number of halogens is 1. The first-order valence-electron chi connectivity index (χ1n) is 5.53. The van der Waals surface area contributed by atoms with Gasteiger partial charge in [0, 0.05) is 17.3 Å². The van der Waals surface area contributed by atoms with Gasteiger partial charge in [0.15, 0.2) is 0 Å². The Morgan fingerprint density at radius 1 is 1.35 bits per heavy atom.